The Balaban J connectivity index is 2.60. The van der Waals surface area contributed by atoms with Gasteiger partial charge in [-0.15, -0.1) is 0 Å². The van der Waals surface area contributed by atoms with Gasteiger partial charge in [-0.05, 0) is 31.6 Å². The quantitative estimate of drug-likeness (QED) is 0.486. The average molecular weight is 136 g/mol. The lowest BCUT2D eigenvalue weighted by Crippen LogP contribution is -2.13. The molecule has 0 saturated heterocycles. The highest BCUT2D eigenvalue weighted by Crippen LogP contribution is 2.29. The topological polar surface area (TPSA) is 0 Å². The summed E-state index contributed by atoms with van der Waals surface area (Å²) in [6.07, 6.45) is 7.13. The first-order valence-electron chi connectivity index (χ1n) is 4.04. The molecular weight excluding hydrogens is 120 g/mol. The summed E-state index contributed by atoms with van der Waals surface area (Å²) < 4.78 is 0. The second-order valence-corrected chi connectivity index (χ2v) is 3.32. The average Bonchev–Trinajstić information content (AvgIpc) is 1.88. The molecule has 2 atom stereocenters. The first-order valence-corrected chi connectivity index (χ1v) is 4.04. The highest BCUT2D eigenvalue weighted by Gasteiger charge is 2.17. The fourth-order valence-electron chi connectivity index (χ4n) is 1.68. The van der Waals surface area contributed by atoms with Gasteiger partial charge in [0.1, 0.15) is 0 Å². The van der Waals surface area contributed by atoms with Gasteiger partial charge in [0, 0.05) is 0 Å². The van der Waals surface area contributed by atoms with Crippen molar-refractivity contribution in [3.05, 3.63) is 24.3 Å². The van der Waals surface area contributed by atoms with Crippen LogP contribution in [0.2, 0.25) is 0 Å². The Morgan fingerprint density at radius 3 is 2.70 bits per heavy atom. The maximum atomic E-state index is 4.00. The van der Waals surface area contributed by atoms with Gasteiger partial charge >= 0.3 is 0 Å². The summed E-state index contributed by atoms with van der Waals surface area (Å²) in [6.45, 7) is 8.41. The van der Waals surface area contributed by atoms with Crippen molar-refractivity contribution >= 4 is 0 Å². The molecule has 0 aromatic carbocycles. The zero-order valence-corrected chi connectivity index (χ0v) is 6.93. The lowest BCUT2D eigenvalue weighted by Gasteiger charge is -2.24. The van der Waals surface area contributed by atoms with Crippen LogP contribution in [0.4, 0.5) is 0 Å². The normalized spacial score (nSPS) is 32.2. The lowest BCUT2D eigenvalue weighted by molar-refractivity contribution is 0.438. The van der Waals surface area contributed by atoms with E-state index in [-0.39, 0.29) is 0 Å². The third-order valence-electron chi connectivity index (χ3n) is 2.35. The van der Waals surface area contributed by atoms with Crippen LogP contribution in [0.15, 0.2) is 24.3 Å². The Morgan fingerprint density at radius 1 is 1.60 bits per heavy atom. The number of hydrogen-bond acceptors (Lipinski definition) is 0. The molecule has 0 bridgehead atoms. The molecule has 0 aliphatic heterocycles. The highest BCUT2D eigenvalue weighted by atomic mass is 14.2. The molecule has 0 fully saturated rings. The van der Waals surface area contributed by atoms with Crippen LogP contribution in [0.25, 0.3) is 0 Å². The number of allylic oxidation sites excluding steroid dienone is 3. The SMILES string of the molecule is C=C(C)C1CCC=CC1C. The number of rotatable bonds is 1. The van der Waals surface area contributed by atoms with Gasteiger partial charge in [0.15, 0.2) is 0 Å². The van der Waals surface area contributed by atoms with Crippen LogP contribution >= 0.6 is 0 Å². The minimum absolute atomic E-state index is 0.714. The van der Waals surface area contributed by atoms with Crippen molar-refractivity contribution in [1.29, 1.82) is 0 Å². The molecule has 0 spiro atoms. The molecule has 0 aromatic rings. The zero-order chi connectivity index (χ0) is 7.56. The molecule has 0 amide bonds. The van der Waals surface area contributed by atoms with Crippen LogP contribution in [0.1, 0.15) is 26.7 Å². The van der Waals surface area contributed by atoms with Crippen molar-refractivity contribution in [1.82, 2.24) is 0 Å². The van der Waals surface area contributed by atoms with Crippen molar-refractivity contribution in [2.75, 3.05) is 0 Å². The summed E-state index contributed by atoms with van der Waals surface area (Å²) in [4.78, 5) is 0. The summed E-state index contributed by atoms with van der Waals surface area (Å²) in [5, 5.41) is 0. The summed E-state index contributed by atoms with van der Waals surface area (Å²) in [5.41, 5.74) is 1.34. The largest absolute Gasteiger partial charge is 0.0998 e. The van der Waals surface area contributed by atoms with Gasteiger partial charge in [0.25, 0.3) is 0 Å². The molecule has 0 saturated carbocycles. The van der Waals surface area contributed by atoms with E-state index in [9.17, 15) is 0 Å². The first-order chi connectivity index (χ1) is 4.72. The number of hydrogen-bond donors (Lipinski definition) is 0. The zero-order valence-electron chi connectivity index (χ0n) is 6.93. The molecule has 1 aliphatic rings. The van der Waals surface area contributed by atoms with Crippen LogP contribution in [0, 0.1) is 11.8 Å². The highest BCUT2D eigenvalue weighted by molar-refractivity contribution is 5.07. The van der Waals surface area contributed by atoms with Crippen molar-refractivity contribution in [2.45, 2.75) is 26.7 Å². The third-order valence-corrected chi connectivity index (χ3v) is 2.35. The molecule has 10 heavy (non-hydrogen) atoms. The third kappa shape index (κ3) is 1.50. The Bertz CT molecular complexity index is 153. The summed E-state index contributed by atoms with van der Waals surface area (Å²) in [5.74, 6) is 1.45. The molecule has 0 N–H and O–H groups in total. The minimum Gasteiger partial charge on any atom is -0.0998 e. The maximum Gasteiger partial charge on any atom is -0.0145 e. The maximum absolute atomic E-state index is 4.00. The summed E-state index contributed by atoms with van der Waals surface area (Å²) >= 11 is 0. The molecule has 0 radical (unpaired) electrons. The van der Waals surface area contributed by atoms with E-state index < -0.39 is 0 Å². The van der Waals surface area contributed by atoms with E-state index in [2.05, 4.69) is 32.6 Å². The van der Waals surface area contributed by atoms with E-state index in [4.69, 9.17) is 0 Å². The Morgan fingerprint density at radius 2 is 2.30 bits per heavy atom. The molecule has 0 aromatic heterocycles. The van der Waals surface area contributed by atoms with Gasteiger partial charge in [0.2, 0.25) is 0 Å². The second-order valence-electron chi connectivity index (χ2n) is 3.32. The van der Waals surface area contributed by atoms with Gasteiger partial charge in [-0.1, -0.05) is 31.2 Å². The van der Waals surface area contributed by atoms with E-state index in [1.54, 1.807) is 0 Å². The smallest absolute Gasteiger partial charge is 0.0145 e. The second kappa shape index (κ2) is 3.05. The summed E-state index contributed by atoms with van der Waals surface area (Å²) in [7, 11) is 0. The van der Waals surface area contributed by atoms with E-state index in [1.165, 1.54) is 18.4 Å². The molecule has 0 nitrogen and oxygen atoms in total. The fourth-order valence-corrected chi connectivity index (χ4v) is 1.68. The van der Waals surface area contributed by atoms with Gasteiger partial charge < -0.3 is 0 Å². The van der Waals surface area contributed by atoms with E-state index in [0.717, 1.165) is 5.92 Å². The van der Waals surface area contributed by atoms with E-state index >= 15 is 0 Å². The van der Waals surface area contributed by atoms with Crippen LogP contribution < -0.4 is 0 Å². The first kappa shape index (κ1) is 7.59. The summed E-state index contributed by atoms with van der Waals surface area (Å²) in [6, 6.07) is 0. The Labute approximate surface area is 63.6 Å². The molecule has 1 rings (SSSR count). The Hall–Kier alpha value is -0.520. The standard InChI is InChI=1S/C10H16/c1-8(2)10-7-5-4-6-9(10)3/h4,6,9-10H,1,5,7H2,2-3H3. The van der Waals surface area contributed by atoms with Crippen LogP contribution in [0.5, 0.6) is 0 Å². The molecule has 2 unspecified atom stereocenters. The molecule has 56 valence electrons. The lowest BCUT2D eigenvalue weighted by atomic mass is 9.81. The van der Waals surface area contributed by atoms with Gasteiger partial charge in [-0.25, -0.2) is 0 Å². The van der Waals surface area contributed by atoms with Crippen LogP contribution in [0.3, 0.4) is 0 Å². The van der Waals surface area contributed by atoms with Gasteiger partial charge in [-0.3, -0.25) is 0 Å². The predicted octanol–water partition coefficient (Wildman–Crippen LogP) is 3.16. The predicted molar refractivity (Wildman–Crippen MR) is 45.8 cm³/mol. The van der Waals surface area contributed by atoms with Crippen LogP contribution in [-0.2, 0) is 0 Å². The van der Waals surface area contributed by atoms with E-state index in [1.807, 2.05) is 0 Å². The molecule has 0 heteroatoms. The van der Waals surface area contributed by atoms with Crippen molar-refractivity contribution in [2.24, 2.45) is 11.8 Å². The molecular formula is C10H16. The Kier molecular flexibility index (Phi) is 2.31. The molecule has 1 aliphatic carbocycles. The van der Waals surface area contributed by atoms with Crippen LogP contribution in [-0.4, -0.2) is 0 Å². The van der Waals surface area contributed by atoms with Crippen molar-refractivity contribution < 1.29 is 0 Å². The van der Waals surface area contributed by atoms with Crippen molar-refractivity contribution in [3.8, 4) is 0 Å². The monoisotopic (exact) mass is 136 g/mol. The van der Waals surface area contributed by atoms with Crippen molar-refractivity contribution in [3.63, 3.8) is 0 Å². The molecule has 0 heterocycles. The minimum atomic E-state index is 0.714. The van der Waals surface area contributed by atoms with E-state index in [0.29, 0.717) is 5.92 Å². The van der Waals surface area contributed by atoms with Gasteiger partial charge in [0.05, 0.1) is 0 Å². The fraction of sp³-hybridized carbons (Fsp3) is 0.600. The van der Waals surface area contributed by atoms with Gasteiger partial charge in [-0.2, -0.15) is 0 Å².